The molecular formula is C22H24O4S3. The van der Waals surface area contributed by atoms with Gasteiger partial charge in [-0.05, 0) is 36.3 Å². The fraction of sp³-hybridized carbons (Fsp3) is 0.318. The van der Waals surface area contributed by atoms with Crippen LogP contribution in [0.1, 0.15) is 24.8 Å². The van der Waals surface area contributed by atoms with Crippen LogP contribution in [0.15, 0.2) is 65.6 Å². The highest BCUT2D eigenvalue weighted by atomic mass is 32.3. The molecule has 0 aliphatic carbocycles. The van der Waals surface area contributed by atoms with Crippen LogP contribution in [0.25, 0.3) is 0 Å². The maximum absolute atomic E-state index is 12.9. The van der Waals surface area contributed by atoms with Gasteiger partial charge in [0, 0.05) is 12.8 Å². The molecule has 0 fully saturated rings. The molecule has 7 heteroatoms. The van der Waals surface area contributed by atoms with Crippen LogP contribution in [0, 0.1) is 11.8 Å². The summed E-state index contributed by atoms with van der Waals surface area (Å²) >= 11 is 6.11. The minimum atomic E-state index is -3.54. The summed E-state index contributed by atoms with van der Waals surface area (Å²) in [6.07, 6.45) is 1.42. The van der Waals surface area contributed by atoms with E-state index in [1.54, 1.807) is 30.3 Å². The third kappa shape index (κ3) is 8.19. The van der Waals surface area contributed by atoms with Crippen molar-refractivity contribution >= 4 is 38.2 Å². The van der Waals surface area contributed by atoms with Crippen LogP contribution < -0.4 is 0 Å². The molecule has 2 aromatic rings. The molecular weight excluding hydrogens is 424 g/mol. The lowest BCUT2D eigenvalue weighted by atomic mass is 10.2. The van der Waals surface area contributed by atoms with Crippen molar-refractivity contribution in [3.63, 3.8) is 0 Å². The summed E-state index contributed by atoms with van der Waals surface area (Å²) in [4.78, 5) is 0.277. The van der Waals surface area contributed by atoms with Gasteiger partial charge in [-0.2, -0.15) is 0 Å². The van der Waals surface area contributed by atoms with E-state index in [0.717, 1.165) is 17.3 Å². The van der Waals surface area contributed by atoms with E-state index in [0.29, 0.717) is 32.5 Å². The number of ether oxygens (including phenoxy) is 2. The molecule has 0 aliphatic rings. The summed E-state index contributed by atoms with van der Waals surface area (Å²) < 4.78 is 35.9. The van der Waals surface area contributed by atoms with E-state index in [2.05, 4.69) is 11.8 Å². The van der Waals surface area contributed by atoms with Gasteiger partial charge in [0.05, 0.1) is 25.2 Å². The van der Waals surface area contributed by atoms with E-state index >= 15 is 0 Å². The van der Waals surface area contributed by atoms with E-state index in [-0.39, 0.29) is 9.28 Å². The molecule has 0 saturated heterocycles. The number of thiocarbonyl (C=S) groups is 1. The number of hydrogen-bond acceptors (Lipinski definition) is 6. The van der Waals surface area contributed by atoms with Crippen molar-refractivity contribution in [3.05, 3.63) is 66.2 Å². The van der Waals surface area contributed by atoms with Gasteiger partial charge in [0.15, 0.2) is 9.84 Å². The SMILES string of the molecule is COC(=S)SC(CCC#CCCOCc1ccccc1)S(=O)(=O)c1ccccc1. The summed E-state index contributed by atoms with van der Waals surface area (Å²) in [5.41, 5.74) is 1.13. The standard InChI is InChI=1S/C22H24O4S3/c1-25-22(27)28-21(29(23,24)20-14-8-5-9-15-20)16-10-2-3-11-17-26-18-19-12-6-4-7-13-19/h4-9,12-15,21H,10-11,16-18H2,1H3. The van der Waals surface area contributed by atoms with Crippen molar-refractivity contribution < 1.29 is 17.9 Å². The smallest absolute Gasteiger partial charge is 0.220 e. The average Bonchev–Trinajstić information content (AvgIpc) is 2.75. The predicted octanol–water partition coefficient (Wildman–Crippen LogP) is 4.84. The molecule has 0 saturated carbocycles. The predicted molar refractivity (Wildman–Crippen MR) is 122 cm³/mol. The highest BCUT2D eigenvalue weighted by Gasteiger charge is 2.29. The Morgan fingerprint density at radius 2 is 1.66 bits per heavy atom. The minimum Gasteiger partial charge on any atom is -0.482 e. The second kappa shape index (κ2) is 12.7. The summed E-state index contributed by atoms with van der Waals surface area (Å²) in [5, 5.41) is 0. The summed E-state index contributed by atoms with van der Waals surface area (Å²) in [5.74, 6) is 6.08. The third-order valence-corrected chi connectivity index (χ3v) is 8.14. The molecule has 0 N–H and O–H groups in total. The zero-order valence-corrected chi connectivity index (χ0v) is 18.7. The first kappa shape index (κ1) is 23.4. The lowest BCUT2D eigenvalue weighted by Gasteiger charge is -2.16. The van der Waals surface area contributed by atoms with Gasteiger partial charge in [-0.1, -0.05) is 60.3 Å². The molecule has 0 amide bonds. The maximum atomic E-state index is 12.9. The first-order chi connectivity index (χ1) is 14.0. The molecule has 2 aromatic carbocycles. The largest absolute Gasteiger partial charge is 0.482 e. The number of benzene rings is 2. The minimum absolute atomic E-state index is 0.205. The Hall–Kier alpha value is -1.85. The summed E-state index contributed by atoms with van der Waals surface area (Å²) in [6, 6.07) is 18.3. The van der Waals surface area contributed by atoms with Crippen molar-refractivity contribution in [2.75, 3.05) is 13.7 Å². The van der Waals surface area contributed by atoms with Crippen LogP contribution >= 0.6 is 24.0 Å². The van der Waals surface area contributed by atoms with Gasteiger partial charge < -0.3 is 9.47 Å². The molecule has 1 unspecified atom stereocenters. The molecule has 4 nitrogen and oxygen atoms in total. The van der Waals surface area contributed by atoms with E-state index in [1.807, 2.05) is 30.3 Å². The van der Waals surface area contributed by atoms with E-state index in [4.69, 9.17) is 21.7 Å². The quantitative estimate of drug-likeness (QED) is 0.311. The Labute approximate surface area is 182 Å². The maximum Gasteiger partial charge on any atom is 0.220 e. The van der Waals surface area contributed by atoms with Gasteiger partial charge in [-0.15, -0.1) is 11.8 Å². The molecule has 0 bridgehead atoms. The van der Waals surface area contributed by atoms with E-state index in [1.165, 1.54) is 7.11 Å². The number of hydrogen-bond donors (Lipinski definition) is 0. The second-order valence-electron chi connectivity index (χ2n) is 6.04. The molecule has 1 atom stereocenters. The molecule has 29 heavy (non-hydrogen) atoms. The topological polar surface area (TPSA) is 52.6 Å². The number of thioether (sulfide) groups is 1. The molecule has 0 aliphatic heterocycles. The molecule has 0 heterocycles. The Kier molecular flexibility index (Phi) is 10.2. The van der Waals surface area contributed by atoms with Crippen molar-refractivity contribution in [1.29, 1.82) is 0 Å². The van der Waals surface area contributed by atoms with Crippen molar-refractivity contribution in [2.45, 2.75) is 35.3 Å². The molecule has 154 valence electrons. The van der Waals surface area contributed by atoms with Crippen LogP contribution in [-0.2, 0) is 25.9 Å². The zero-order chi connectivity index (χ0) is 21.0. The molecule has 0 radical (unpaired) electrons. The first-order valence-electron chi connectivity index (χ1n) is 9.15. The Morgan fingerprint density at radius 3 is 2.31 bits per heavy atom. The van der Waals surface area contributed by atoms with Crippen molar-refractivity contribution in [1.82, 2.24) is 0 Å². The van der Waals surface area contributed by atoms with Crippen LogP contribution in [0.3, 0.4) is 0 Å². The van der Waals surface area contributed by atoms with E-state index in [9.17, 15) is 8.42 Å². The van der Waals surface area contributed by atoms with Gasteiger partial charge in [0.1, 0.15) is 4.58 Å². The normalized spacial score (nSPS) is 11.9. The van der Waals surface area contributed by atoms with Gasteiger partial charge in [0.2, 0.25) is 4.38 Å². The highest BCUT2D eigenvalue weighted by molar-refractivity contribution is 8.28. The average molecular weight is 449 g/mol. The monoisotopic (exact) mass is 448 g/mol. The summed E-state index contributed by atoms with van der Waals surface area (Å²) in [7, 11) is -2.09. The van der Waals surface area contributed by atoms with Crippen LogP contribution in [0.5, 0.6) is 0 Å². The fourth-order valence-corrected chi connectivity index (χ4v) is 5.90. The van der Waals surface area contributed by atoms with E-state index < -0.39 is 14.4 Å². The number of sulfone groups is 1. The van der Waals surface area contributed by atoms with Crippen molar-refractivity contribution in [2.24, 2.45) is 0 Å². The number of rotatable bonds is 9. The second-order valence-corrected chi connectivity index (χ2v) is 10.3. The summed E-state index contributed by atoms with van der Waals surface area (Å²) in [6.45, 7) is 1.10. The lowest BCUT2D eigenvalue weighted by molar-refractivity contribution is 0.126. The first-order valence-corrected chi connectivity index (χ1v) is 12.0. The Balaban J connectivity index is 1.84. The van der Waals surface area contributed by atoms with Gasteiger partial charge in [-0.3, -0.25) is 0 Å². The highest BCUT2D eigenvalue weighted by Crippen LogP contribution is 2.29. The molecule has 0 aromatic heterocycles. The van der Waals surface area contributed by atoms with Crippen LogP contribution in [0.4, 0.5) is 0 Å². The zero-order valence-electron chi connectivity index (χ0n) is 16.2. The fourth-order valence-electron chi connectivity index (χ4n) is 2.45. The third-order valence-electron chi connectivity index (χ3n) is 3.93. The van der Waals surface area contributed by atoms with Crippen LogP contribution in [0.2, 0.25) is 0 Å². The molecule has 2 rings (SSSR count). The van der Waals surface area contributed by atoms with Gasteiger partial charge in [-0.25, -0.2) is 8.42 Å². The Morgan fingerprint density at radius 1 is 1.03 bits per heavy atom. The van der Waals surface area contributed by atoms with Gasteiger partial charge in [0.25, 0.3) is 0 Å². The van der Waals surface area contributed by atoms with Crippen LogP contribution in [-0.4, -0.2) is 31.1 Å². The molecule has 0 spiro atoms. The van der Waals surface area contributed by atoms with Crippen molar-refractivity contribution in [3.8, 4) is 11.8 Å². The Bertz CT molecular complexity index is 917. The number of methoxy groups -OCH3 is 1. The lowest BCUT2D eigenvalue weighted by Crippen LogP contribution is -2.20. The van der Waals surface area contributed by atoms with Gasteiger partial charge >= 0.3 is 0 Å².